The van der Waals surface area contributed by atoms with Gasteiger partial charge >= 0.3 is 0 Å². The van der Waals surface area contributed by atoms with Gasteiger partial charge in [0.1, 0.15) is 0 Å². The molecule has 3 heteroatoms. The van der Waals surface area contributed by atoms with E-state index >= 15 is 0 Å². The monoisotopic (exact) mass is 290 g/mol. The molecule has 2 aromatic rings. The third kappa shape index (κ3) is 2.17. The van der Waals surface area contributed by atoms with E-state index in [0.29, 0.717) is 0 Å². The zero-order chi connectivity index (χ0) is 11.7. The Morgan fingerprint density at radius 2 is 1.88 bits per heavy atom. The smallest absolute Gasteiger partial charge is 0.0446 e. The molecule has 0 saturated carbocycles. The molecule has 0 radical (unpaired) electrons. The first-order valence-corrected chi connectivity index (χ1v) is 6.78. The Bertz CT molecular complexity index is 533. The number of rotatable bonds is 1. The molecule has 1 aliphatic rings. The largest absolute Gasteiger partial charge is 0.368 e. The topological polar surface area (TPSA) is 15.3 Å². The van der Waals surface area contributed by atoms with Crippen molar-refractivity contribution in [1.82, 2.24) is 5.32 Å². The lowest BCUT2D eigenvalue weighted by molar-refractivity contribution is 0.590. The lowest BCUT2D eigenvalue weighted by Gasteiger charge is -2.30. The average Bonchev–Trinajstić information content (AvgIpc) is 2.39. The van der Waals surface area contributed by atoms with Gasteiger partial charge in [0.15, 0.2) is 0 Å². The molecular formula is C14H15BrN2. The van der Waals surface area contributed by atoms with E-state index in [9.17, 15) is 0 Å². The minimum Gasteiger partial charge on any atom is -0.368 e. The molecule has 1 fully saturated rings. The van der Waals surface area contributed by atoms with Crippen LogP contribution in [0.25, 0.3) is 10.8 Å². The van der Waals surface area contributed by atoms with Crippen LogP contribution in [0.4, 0.5) is 5.69 Å². The van der Waals surface area contributed by atoms with Gasteiger partial charge in [-0.25, -0.2) is 0 Å². The van der Waals surface area contributed by atoms with Gasteiger partial charge in [0.05, 0.1) is 0 Å². The number of nitrogens with one attached hydrogen (secondary N) is 1. The Morgan fingerprint density at radius 1 is 1.06 bits per heavy atom. The fourth-order valence-electron chi connectivity index (χ4n) is 2.42. The number of halogens is 1. The van der Waals surface area contributed by atoms with Gasteiger partial charge in [0.25, 0.3) is 0 Å². The van der Waals surface area contributed by atoms with Crippen molar-refractivity contribution in [3.05, 3.63) is 40.9 Å². The lowest BCUT2D eigenvalue weighted by atomic mass is 10.1. The van der Waals surface area contributed by atoms with E-state index in [4.69, 9.17) is 0 Å². The van der Waals surface area contributed by atoms with Crippen LogP contribution in [-0.2, 0) is 0 Å². The summed E-state index contributed by atoms with van der Waals surface area (Å²) in [7, 11) is 0. The minimum atomic E-state index is 1.08. The second kappa shape index (κ2) is 4.67. The standard InChI is InChI=1S/C14H15BrN2/c15-12-4-5-13-11(10-12)2-1-3-14(13)17-8-6-16-7-9-17/h1-5,10,16H,6-9H2. The Morgan fingerprint density at radius 3 is 2.71 bits per heavy atom. The Kier molecular flexibility index (Phi) is 3.04. The fraction of sp³-hybridized carbons (Fsp3) is 0.286. The predicted octanol–water partition coefficient (Wildman–Crippen LogP) is 3.01. The van der Waals surface area contributed by atoms with Gasteiger partial charge in [0, 0.05) is 41.7 Å². The van der Waals surface area contributed by atoms with Gasteiger partial charge in [-0.1, -0.05) is 34.1 Å². The second-order valence-corrected chi connectivity index (χ2v) is 5.30. The molecule has 1 N–H and O–H groups in total. The summed E-state index contributed by atoms with van der Waals surface area (Å²) in [4.78, 5) is 2.47. The number of fused-ring (bicyclic) bond motifs is 1. The summed E-state index contributed by atoms with van der Waals surface area (Å²) in [5.41, 5.74) is 1.36. The quantitative estimate of drug-likeness (QED) is 0.869. The molecule has 1 aliphatic heterocycles. The molecule has 88 valence electrons. The van der Waals surface area contributed by atoms with Crippen LogP contribution >= 0.6 is 15.9 Å². The van der Waals surface area contributed by atoms with E-state index in [1.807, 2.05) is 0 Å². The molecule has 0 atom stereocenters. The molecule has 0 aliphatic carbocycles. The van der Waals surface area contributed by atoms with E-state index in [1.165, 1.54) is 16.5 Å². The van der Waals surface area contributed by atoms with Gasteiger partial charge < -0.3 is 10.2 Å². The summed E-state index contributed by atoms with van der Waals surface area (Å²) in [6, 6.07) is 13.0. The number of hydrogen-bond donors (Lipinski definition) is 1. The first-order chi connectivity index (χ1) is 8.34. The Labute approximate surface area is 110 Å². The van der Waals surface area contributed by atoms with Crippen molar-refractivity contribution in [2.45, 2.75) is 0 Å². The summed E-state index contributed by atoms with van der Waals surface area (Å²) in [5.74, 6) is 0. The zero-order valence-electron chi connectivity index (χ0n) is 9.62. The number of piperazine rings is 1. The number of nitrogens with zero attached hydrogens (tertiary/aromatic N) is 1. The molecule has 3 rings (SSSR count). The molecule has 1 heterocycles. The number of hydrogen-bond acceptors (Lipinski definition) is 2. The molecule has 2 nitrogen and oxygen atoms in total. The molecular weight excluding hydrogens is 276 g/mol. The third-order valence-corrected chi connectivity index (χ3v) is 3.77. The van der Waals surface area contributed by atoms with Gasteiger partial charge in [-0.3, -0.25) is 0 Å². The maximum absolute atomic E-state index is 3.53. The molecule has 1 saturated heterocycles. The van der Waals surface area contributed by atoms with Crippen molar-refractivity contribution in [1.29, 1.82) is 0 Å². The van der Waals surface area contributed by atoms with Crippen LogP contribution in [0.3, 0.4) is 0 Å². The number of anilines is 1. The summed E-state index contributed by atoms with van der Waals surface area (Å²) < 4.78 is 1.14. The van der Waals surface area contributed by atoms with Gasteiger partial charge in [-0.05, 0) is 23.6 Å². The van der Waals surface area contributed by atoms with Gasteiger partial charge in [0.2, 0.25) is 0 Å². The molecule has 0 unspecified atom stereocenters. The first-order valence-electron chi connectivity index (χ1n) is 5.98. The summed E-state index contributed by atoms with van der Waals surface area (Å²) in [5, 5.41) is 6.04. The van der Waals surface area contributed by atoms with Crippen LogP contribution in [0.15, 0.2) is 40.9 Å². The van der Waals surface area contributed by atoms with Crippen molar-refractivity contribution < 1.29 is 0 Å². The highest BCUT2D eigenvalue weighted by Gasteiger charge is 2.12. The first kappa shape index (κ1) is 11.1. The number of benzene rings is 2. The van der Waals surface area contributed by atoms with E-state index in [2.05, 4.69) is 62.5 Å². The second-order valence-electron chi connectivity index (χ2n) is 4.38. The maximum Gasteiger partial charge on any atom is 0.0446 e. The van der Waals surface area contributed by atoms with Crippen molar-refractivity contribution in [2.24, 2.45) is 0 Å². The van der Waals surface area contributed by atoms with E-state index in [1.54, 1.807) is 0 Å². The van der Waals surface area contributed by atoms with Gasteiger partial charge in [-0.2, -0.15) is 0 Å². The molecule has 0 bridgehead atoms. The van der Waals surface area contributed by atoms with Crippen molar-refractivity contribution in [2.75, 3.05) is 31.1 Å². The normalized spacial score (nSPS) is 16.4. The van der Waals surface area contributed by atoms with Crippen molar-refractivity contribution in [3.8, 4) is 0 Å². The molecule has 0 spiro atoms. The third-order valence-electron chi connectivity index (χ3n) is 3.28. The maximum atomic E-state index is 3.53. The van der Waals surface area contributed by atoms with Crippen LogP contribution in [0.2, 0.25) is 0 Å². The summed E-state index contributed by atoms with van der Waals surface area (Å²) in [6.45, 7) is 4.34. The summed E-state index contributed by atoms with van der Waals surface area (Å²) >= 11 is 3.53. The van der Waals surface area contributed by atoms with E-state index in [-0.39, 0.29) is 0 Å². The van der Waals surface area contributed by atoms with E-state index in [0.717, 1.165) is 30.7 Å². The average molecular weight is 291 g/mol. The fourth-order valence-corrected chi connectivity index (χ4v) is 2.80. The zero-order valence-corrected chi connectivity index (χ0v) is 11.2. The van der Waals surface area contributed by atoms with Crippen LogP contribution in [0, 0.1) is 0 Å². The van der Waals surface area contributed by atoms with Crippen molar-refractivity contribution in [3.63, 3.8) is 0 Å². The Balaban J connectivity index is 2.09. The minimum absolute atomic E-state index is 1.08. The van der Waals surface area contributed by atoms with Crippen molar-refractivity contribution >= 4 is 32.4 Å². The van der Waals surface area contributed by atoms with Crippen LogP contribution < -0.4 is 10.2 Å². The molecule has 0 aromatic heterocycles. The van der Waals surface area contributed by atoms with Gasteiger partial charge in [-0.15, -0.1) is 0 Å². The molecule has 2 aromatic carbocycles. The highest BCUT2D eigenvalue weighted by Crippen LogP contribution is 2.29. The lowest BCUT2D eigenvalue weighted by Crippen LogP contribution is -2.43. The SMILES string of the molecule is Brc1ccc2c(N3CCNCC3)cccc2c1. The predicted molar refractivity (Wildman–Crippen MR) is 76.7 cm³/mol. The Hall–Kier alpha value is -1.06. The van der Waals surface area contributed by atoms with E-state index < -0.39 is 0 Å². The van der Waals surface area contributed by atoms with Crippen LogP contribution in [0.5, 0.6) is 0 Å². The highest BCUT2D eigenvalue weighted by atomic mass is 79.9. The summed E-state index contributed by atoms with van der Waals surface area (Å²) in [6.07, 6.45) is 0. The molecule has 17 heavy (non-hydrogen) atoms. The highest BCUT2D eigenvalue weighted by molar-refractivity contribution is 9.10. The molecule has 0 amide bonds. The van der Waals surface area contributed by atoms with Crippen LogP contribution in [0.1, 0.15) is 0 Å². The van der Waals surface area contributed by atoms with Crippen LogP contribution in [-0.4, -0.2) is 26.2 Å².